The molecule has 3 aliphatic rings. The molecule has 3 aliphatic carbocycles. The number of fused-ring (bicyclic) bond motifs is 2. The molecule has 2 heteroatoms. The Morgan fingerprint density at radius 2 is 2.05 bits per heavy atom. The minimum atomic E-state index is -0.482. The number of hydrogen-bond donors (Lipinski definition) is 2. The lowest BCUT2D eigenvalue weighted by Crippen LogP contribution is -2.47. The Kier molecular flexibility index (Phi) is 3.46. The van der Waals surface area contributed by atoms with Crippen molar-refractivity contribution in [2.45, 2.75) is 31.3 Å². The molecule has 19 heavy (non-hydrogen) atoms. The third-order valence-corrected chi connectivity index (χ3v) is 4.85. The van der Waals surface area contributed by atoms with Crippen LogP contribution >= 0.6 is 0 Å². The third-order valence-electron chi connectivity index (χ3n) is 4.85. The molecular formula is C17H23NO. The summed E-state index contributed by atoms with van der Waals surface area (Å²) in [6, 6.07) is 10.7. The summed E-state index contributed by atoms with van der Waals surface area (Å²) in [4.78, 5) is 0. The molecule has 1 fully saturated rings. The van der Waals surface area contributed by atoms with Gasteiger partial charge in [-0.1, -0.05) is 36.4 Å². The van der Waals surface area contributed by atoms with Crippen LogP contribution in [0.2, 0.25) is 0 Å². The molecule has 0 saturated heterocycles. The quantitative estimate of drug-likeness (QED) is 0.869. The first-order valence-electron chi connectivity index (χ1n) is 7.37. The topological polar surface area (TPSA) is 32.3 Å². The molecular weight excluding hydrogens is 234 g/mol. The van der Waals surface area contributed by atoms with Crippen molar-refractivity contribution in [3.63, 3.8) is 0 Å². The van der Waals surface area contributed by atoms with Gasteiger partial charge in [0.15, 0.2) is 0 Å². The van der Waals surface area contributed by atoms with Gasteiger partial charge in [-0.25, -0.2) is 0 Å². The maximum Gasteiger partial charge on any atom is 0.0728 e. The van der Waals surface area contributed by atoms with Crippen molar-refractivity contribution < 1.29 is 5.11 Å². The van der Waals surface area contributed by atoms with Crippen LogP contribution < -0.4 is 5.32 Å². The summed E-state index contributed by atoms with van der Waals surface area (Å²) in [5.41, 5.74) is 2.32. The third kappa shape index (κ3) is 2.35. The van der Waals surface area contributed by atoms with Crippen LogP contribution in [0.4, 0.5) is 0 Å². The lowest BCUT2D eigenvalue weighted by Gasteiger charge is -2.48. The first-order valence-corrected chi connectivity index (χ1v) is 7.37. The second-order valence-electron chi connectivity index (χ2n) is 6.03. The molecule has 2 nitrogen and oxygen atoms in total. The molecule has 3 atom stereocenters. The van der Waals surface area contributed by atoms with Gasteiger partial charge in [0.25, 0.3) is 0 Å². The van der Waals surface area contributed by atoms with E-state index in [-0.39, 0.29) is 0 Å². The number of allylic oxidation sites excluding steroid dienone is 1. The predicted octanol–water partition coefficient (Wildman–Crippen LogP) is 2.84. The smallest absolute Gasteiger partial charge is 0.0728 e. The van der Waals surface area contributed by atoms with Gasteiger partial charge in [-0.3, -0.25) is 0 Å². The van der Waals surface area contributed by atoms with Crippen molar-refractivity contribution in [1.29, 1.82) is 0 Å². The van der Waals surface area contributed by atoms with E-state index in [1.54, 1.807) is 0 Å². The van der Waals surface area contributed by atoms with E-state index in [9.17, 15) is 5.11 Å². The van der Waals surface area contributed by atoms with E-state index in [4.69, 9.17) is 0 Å². The Bertz CT molecular complexity index is 467. The lowest BCUT2D eigenvalue weighted by molar-refractivity contribution is -0.0522. The fraction of sp³-hybridized carbons (Fsp3) is 0.529. The van der Waals surface area contributed by atoms with Crippen LogP contribution in [0.5, 0.6) is 0 Å². The highest BCUT2D eigenvalue weighted by atomic mass is 16.3. The minimum absolute atomic E-state index is 0.334. The van der Waals surface area contributed by atoms with E-state index >= 15 is 0 Å². The molecule has 2 bridgehead atoms. The van der Waals surface area contributed by atoms with E-state index in [1.807, 2.05) is 7.05 Å². The van der Waals surface area contributed by atoms with Crippen LogP contribution in [0.15, 0.2) is 36.4 Å². The average Bonchev–Trinajstić information content (AvgIpc) is 2.46. The van der Waals surface area contributed by atoms with E-state index in [2.05, 4.69) is 41.7 Å². The van der Waals surface area contributed by atoms with Gasteiger partial charge >= 0.3 is 0 Å². The van der Waals surface area contributed by atoms with Gasteiger partial charge in [0.1, 0.15) is 0 Å². The fourth-order valence-electron chi connectivity index (χ4n) is 3.78. The summed E-state index contributed by atoms with van der Waals surface area (Å²) < 4.78 is 0. The molecule has 0 aromatic heterocycles. The molecule has 0 amide bonds. The SMILES string of the molecule is CNCCC1(O)CC2CCC1C=C2c1ccccc1. The Hall–Kier alpha value is -1.12. The molecule has 102 valence electrons. The average molecular weight is 257 g/mol. The van der Waals surface area contributed by atoms with Crippen molar-refractivity contribution in [1.82, 2.24) is 5.32 Å². The van der Waals surface area contributed by atoms with Gasteiger partial charge in [0.05, 0.1) is 5.60 Å². The maximum absolute atomic E-state index is 10.9. The van der Waals surface area contributed by atoms with Gasteiger partial charge in [0, 0.05) is 5.92 Å². The molecule has 1 saturated carbocycles. The summed E-state index contributed by atoms with van der Waals surface area (Å²) in [5, 5.41) is 14.0. The highest BCUT2D eigenvalue weighted by Gasteiger charge is 2.45. The highest BCUT2D eigenvalue weighted by molar-refractivity contribution is 5.69. The standard InChI is InChI=1S/C17H23NO/c1-18-10-9-17(19)12-14-7-8-15(17)11-16(14)13-5-3-2-4-6-13/h2-6,11,14-15,18-19H,7-10,12H2,1H3. The van der Waals surface area contributed by atoms with Gasteiger partial charge in [-0.15, -0.1) is 0 Å². The Morgan fingerprint density at radius 1 is 1.26 bits per heavy atom. The summed E-state index contributed by atoms with van der Waals surface area (Å²) in [6.07, 6.45) is 6.51. The van der Waals surface area contributed by atoms with Gasteiger partial charge in [0.2, 0.25) is 0 Å². The molecule has 2 N–H and O–H groups in total. The van der Waals surface area contributed by atoms with Crippen molar-refractivity contribution in [2.24, 2.45) is 11.8 Å². The number of benzene rings is 1. The number of rotatable bonds is 4. The van der Waals surface area contributed by atoms with E-state index in [0.717, 1.165) is 25.8 Å². The Balaban J connectivity index is 1.86. The Morgan fingerprint density at radius 3 is 2.68 bits per heavy atom. The second-order valence-corrected chi connectivity index (χ2v) is 6.03. The lowest BCUT2D eigenvalue weighted by atomic mass is 9.61. The zero-order chi connectivity index (χ0) is 13.3. The van der Waals surface area contributed by atoms with Gasteiger partial charge in [-0.05, 0) is 56.3 Å². The molecule has 1 aromatic rings. The first-order chi connectivity index (χ1) is 9.23. The molecule has 3 unspecified atom stereocenters. The normalized spacial score (nSPS) is 33.3. The zero-order valence-corrected chi connectivity index (χ0v) is 11.6. The summed E-state index contributed by atoms with van der Waals surface area (Å²) in [5.74, 6) is 0.871. The van der Waals surface area contributed by atoms with Crippen molar-refractivity contribution >= 4 is 5.57 Å². The molecule has 0 spiro atoms. The van der Waals surface area contributed by atoms with Crippen LogP contribution in [-0.2, 0) is 0 Å². The monoisotopic (exact) mass is 257 g/mol. The van der Waals surface area contributed by atoms with Crippen LogP contribution in [0.25, 0.3) is 5.57 Å². The fourth-order valence-corrected chi connectivity index (χ4v) is 3.78. The maximum atomic E-state index is 10.9. The minimum Gasteiger partial charge on any atom is -0.389 e. The van der Waals surface area contributed by atoms with Crippen molar-refractivity contribution in [3.05, 3.63) is 42.0 Å². The van der Waals surface area contributed by atoms with Crippen LogP contribution in [0.3, 0.4) is 0 Å². The van der Waals surface area contributed by atoms with Crippen LogP contribution in [0.1, 0.15) is 31.2 Å². The molecule has 0 radical (unpaired) electrons. The van der Waals surface area contributed by atoms with Gasteiger partial charge < -0.3 is 10.4 Å². The second kappa shape index (κ2) is 5.10. The van der Waals surface area contributed by atoms with E-state index in [0.29, 0.717) is 11.8 Å². The molecule has 4 rings (SSSR count). The zero-order valence-electron chi connectivity index (χ0n) is 11.6. The molecule has 0 aliphatic heterocycles. The largest absolute Gasteiger partial charge is 0.389 e. The number of aliphatic hydroxyl groups is 1. The van der Waals surface area contributed by atoms with Crippen molar-refractivity contribution in [3.8, 4) is 0 Å². The van der Waals surface area contributed by atoms with E-state index in [1.165, 1.54) is 17.6 Å². The summed E-state index contributed by atoms with van der Waals surface area (Å²) >= 11 is 0. The van der Waals surface area contributed by atoms with Crippen LogP contribution in [-0.4, -0.2) is 24.3 Å². The van der Waals surface area contributed by atoms with Gasteiger partial charge in [-0.2, -0.15) is 0 Å². The predicted molar refractivity (Wildman–Crippen MR) is 78.7 cm³/mol. The first kappa shape index (κ1) is 12.9. The van der Waals surface area contributed by atoms with Crippen LogP contribution in [0, 0.1) is 11.8 Å². The molecule has 1 aromatic carbocycles. The summed E-state index contributed by atoms with van der Waals surface area (Å²) in [7, 11) is 1.95. The Labute approximate surface area is 115 Å². The number of hydrogen-bond acceptors (Lipinski definition) is 2. The van der Waals surface area contributed by atoms with E-state index < -0.39 is 5.60 Å². The summed E-state index contributed by atoms with van der Waals surface area (Å²) in [6.45, 7) is 0.897. The van der Waals surface area contributed by atoms with Crippen molar-refractivity contribution in [2.75, 3.05) is 13.6 Å². The highest BCUT2D eigenvalue weighted by Crippen LogP contribution is 2.50. The number of nitrogens with one attached hydrogen (secondary N) is 1. The molecule has 0 heterocycles.